The van der Waals surface area contributed by atoms with E-state index in [0.717, 1.165) is 36.4 Å². The zero-order valence-electron chi connectivity index (χ0n) is 14.1. The highest BCUT2D eigenvalue weighted by Crippen LogP contribution is 2.28. The van der Waals surface area contributed by atoms with Crippen molar-refractivity contribution in [1.29, 1.82) is 0 Å². The molecule has 1 aliphatic heterocycles. The lowest BCUT2D eigenvalue weighted by atomic mass is 9.99. The quantitative estimate of drug-likeness (QED) is 0.828. The highest BCUT2D eigenvalue weighted by Gasteiger charge is 2.31. The second-order valence-electron chi connectivity index (χ2n) is 6.07. The summed E-state index contributed by atoms with van der Waals surface area (Å²) in [6.07, 6.45) is 1.81. The number of hydrogen-bond acceptors (Lipinski definition) is 3. The van der Waals surface area contributed by atoms with Crippen LogP contribution in [0.1, 0.15) is 31.2 Å². The van der Waals surface area contributed by atoms with Crippen molar-refractivity contribution in [2.24, 2.45) is 0 Å². The van der Waals surface area contributed by atoms with Gasteiger partial charge in [0.2, 0.25) is 5.91 Å². The lowest BCUT2D eigenvalue weighted by Gasteiger charge is -2.26. The molecule has 24 heavy (non-hydrogen) atoms. The molecule has 126 valence electrons. The molecule has 1 amide bonds. The van der Waals surface area contributed by atoms with Gasteiger partial charge < -0.3 is 14.4 Å². The number of nitrogens with zero attached hydrogens (tertiary/aromatic N) is 1. The summed E-state index contributed by atoms with van der Waals surface area (Å²) < 4.78 is 11.3. The van der Waals surface area contributed by atoms with Crippen LogP contribution in [-0.4, -0.2) is 30.7 Å². The van der Waals surface area contributed by atoms with E-state index in [9.17, 15) is 4.79 Å². The molecule has 1 aliphatic rings. The van der Waals surface area contributed by atoms with Crippen molar-refractivity contribution in [1.82, 2.24) is 4.90 Å². The van der Waals surface area contributed by atoms with Gasteiger partial charge in [0.15, 0.2) is 0 Å². The van der Waals surface area contributed by atoms with Crippen molar-refractivity contribution in [3.05, 3.63) is 60.2 Å². The summed E-state index contributed by atoms with van der Waals surface area (Å²) >= 11 is 0. The summed E-state index contributed by atoms with van der Waals surface area (Å²) in [6.45, 7) is 2.71. The van der Waals surface area contributed by atoms with Gasteiger partial charge in [0, 0.05) is 13.7 Å². The number of likely N-dealkylation sites (tertiary alicyclic amines) is 1. The van der Waals surface area contributed by atoms with Crippen LogP contribution in [0.4, 0.5) is 0 Å². The van der Waals surface area contributed by atoms with Gasteiger partial charge in [-0.05, 0) is 49.6 Å². The second-order valence-corrected chi connectivity index (χ2v) is 6.07. The Kier molecular flexibility index (Phi) is 5.16. The van der Waals surface area contributed by atoms with E-state index in [4.69, 9.17) is 9.47 Å². The molecule has 2 aromatic carbocycles. The van der Waals surface area contributed by atoms with Crippen molar-refractivity contribution < 1.29 is 14.3 Å². The number of para-hydroxylation sites is 1. The number of hydrogen-bond donors (Lipinski definition) is 0. The van der Waals surface area contributed by atoms with Gasteiger partial charge in [-0.15, -0.1) is 0 Å². The average Bonchev–Trinajstić information content (AvgIpc) is 3.10. The molecule has 2 aromatic rings. The van der Waals surface area contributed by atoms with Gasteiger partial charge in [-0.1, -0.05) is 30.3 Å². The Morgan fingerprint density at radius 1 is 1.12 bits per heavy atom. The molecule has 0 saturated carbocycles. The molecular formula is C20H23NO3. The van der Waals surface area contributed by atoms with Gasteiger partial charge in [0.25, 0.3) is 0 Å². The predicted octanol–water partition coefficient (Wildman–Crippen LogP) is 4.18. The van der Waals surface area contributed by atoms with E-state index in [2.05, 4.69) is 0 Å². The van der Waals surface area contributed by atoms with E-state index in [1.54, 1.807) is 7.11 Å². The summed E-state index contributed by atoms with van der Waals surface area (Å²) in [5, 5.41) is 0. The maximum absolute atomic E-state index is 12.8. The van der Waals surface area contributed by atoms with Crippen LogP contribution in [0, 0.1) is 0 Å². The van der Waals surface area contributed by atoms with Gasteiger partial charge >= 0.3 is 0 Å². The van der Waals surface area contributed by atoms with Crippen LogP contribution in [0.5, 0.6) is 11.5 Å². The zero-order chi connectivity index (χ0) is 16.9. The SMILES string of the molecule is COC1CCCN1C(=O)C(C)c1cccc(Oc2ccccc2)c1. The fourth-order valence-corrected chi connectivity index (χ4v) is 3.10. The normalized spacial score (nSPS) is 18.4. The molecule has 0 spiro atoms. The van der Waals surface area contributed by atoms with Crippen LogP contribution in [-0.2, 0) is 9.53 Å². The molecule has 4 heteroatoms. The molecule has 0 aliphatic carbocycles. The van der Waals surface area contributed by atoms with E-state index >= 15 is 0 Å². The number of carbonyl (C=O) groups excluding carboxylic acids is 1. The molecule has 0 N–H and O–H groups in total. The number of benzene rings is 2. The van der Waals surface area contributed by atoms with E-state index in [0.29, 0.717) is 0 Å². The van der Waals surface area contributed by atoms with Crippen LogP contribution < -0.4 is 4.74 Å². The van der Waals surface area contributed by atoms with Gasteiger partial charge in [0.05, 0.1) is 5.92 Å². The third-order valence-electron chi connectivity index (χ3n) is 4.46. The second kappa shape index (κ2) is 7.49. The molecule has 3 rings (SSSR count). The van der Waals surface area contributed by atoms with Crippen LogP contribution in [0.2, 0.25) is 0 Å². The van der Waals surface area contributed by atoms with Gasteiger partial charge in [-0.3, -0.25) is 4.79 Å². The minimum atomic E-state index is -0.222. The van der Waals surface area contributed by atoms with Crippen molar-refractivity contribution in [2.45, 2.75) is 31.9 Å². The molecule has 2 unspecified atom stereocenters. The van der Waals surface area contributed by atoms with E-state index in [1.807, 2.05) is 66.4 Å². The molecule has 1 saturated heterocycles. The summed E-state index contributed by atoms with van der Waals surface area (Å²) in [5.74, 6) is 1.41. The summed E-state index contributed by atoms with van der Waals surface area (Å²) in [7, 11) is 1.66. The van der Waals surface area contributed by atoms with Crippen molar-refractivity contribution in [2.75, 3.05) is 13.7 Å². The first kappa shape index (κ1) is 16.5. The minimum Gasteiger partial charge on any atom is -0.457 e. The smallest absolute Gasteiger partial charge is 0.231 e. The van der Waals surface area contributed by atoms with Crippen LogP contribution in [0.25, 0.3) is 0 Å². The Morgan fingerprint density at radius 3 is 2.62 bits per heavy atom. The summed E-state index contributed by atoms with van der Waals surface area (Å²) in [5.41, 5.74) is 0.954. The van der Waals surface area contributed by atoms with E-state index < -0.39 is 0 Å². The molecule has 2 atom stereocenters. The fourth-order valence-electron chi connectivity index (χ4n) is 3.10. The number of carbonyl (C=O) groups is 1. The zero-order valence-corrected chi connectivity index (χ0v) is 14.1. The molecule has 1 heterocycles. The first-order valence-corrected chi connectivity index (χ1v) is 8.35. The summed E-state index contributed by atoms with van der Waals surface area (Å²) in [4.78, 5) is 14.6. The fraction of sp³-hybridized carbons (Fsp3) is 0.350. The lowest BCUT2D eigenvalue weighted by molar-refractivity contribution is -0.141. The van der Waals surface area contributed by atoms with Crippen molar-refractivity contribution in [3.8, 4) is 11.5 Å². The van der Waals surface area contributed by atoms with Crippen LogP contribution in [0.15, 0.2) is 54.6 Å². The van der Waals surface area contributed by atoms with E-state index in [-0.39, 0.29) is 18.1 Å². The first-order chi connectivity index (χ1) is 11.7. The molecule has 0 bridgehead atoms. The van der Waals surface area contributed by atoms with Gasteiger partial charge in [0.1, 0.15) is 17.7 Å². The third kappa shape index (κ3) is 3.60. The highest BCUT2D eigenvalue weighted by atomic mass is 16.5. The largest absolute Gasteiger partial charge is 0.457 e. The highest BCUT2D eigenvalue weighted by molar-refractivity contribution is 5.83. The van der Waals surface area contributed by atoms with Gasteiger partial charge in [-0.25, -0.2) is 0 Å². The molecular weight excluding hydrogens is 302 g/mol. The molecule has 0 radical (unpaired) electrons. The maximum Gasteiger partial charge on any atom is 0.231 e. The minimum absolute atomic E-state index is 0.0938. The Balaban J connectivity index is 1.74. The predicted molar refractivity (Wildman–Crippen MR) is 93.1 cm³/mol. The van der Waals surface area contributed by atoms with Crippen molar-refractivity contribution >= 4 is 5.91 Å². The topological polar surface area (TPSA) is 38.8 Å². The Bertz CT molecular complexity index is 686. The number of rotatable bonds is 5. The van der Waals surface area contributed by atoms with Crippen LogP contribution in [0.3, 0.4) is 0 Å². The molecule has 0 aromatic heterocycles. The maximum atomic E-state index is 12.8. The van der Waals surface area contributed by atoms with Crippen molar-refractivity contribution in [3.63, 3.8) is 0 Å². The monoisotopic (exact) mass is 325 g/mol. The molecule has 4 nitrogen and oxygen atoms in total. The number of methoxy groups -OCH3 is 1. The Labute approximate surface area is 143 Å². The Hall–Kier alpha value is -2.33. The third-order valence-corrected chi connectivity index (χ3v) is 4.46. The average molecular weight is 325 g/mol. The number of amides is 1. The molecule has 1 fully saturated rings. The standard InChI is InChI=1S/C20H23NO3/c1-15(20(22)21-13-7-12-19(21)23-2)16-8-6-11-18(14-16)24-17-9-4-3-5-10-17/h3-6,8-11,14-15,19H,7,12-13H2,1-2H3. The Morgan fingerprint density at radius 2 is 1.88 bits per heavy atom. The van der Waals surface area contributed by atoms with Gasteiger partial charge in [-0.2, -0.15) is 0 Å². The summed E-state index contributed by atoms with van der Waals surface area (Å²) in [6, 6.07) is 17.4. The van der Waals surface area contributed by atoms with E-state index in [1.165, 1.54) is 0 Å². The lowest BCUT2D eigenvalue weighted by Crippen LogP contribution is -2.39. The number of ether oxygens (including phenoxy) is 2. The first-order valence-electron chi connectivity index (χ1n) is 8.35. The van der Waals surface area contributed by atoms with Crippen LogP contribution >= 0.6 is 0 Å².